The van der Waals surface area contributed by atoms with Gasteiger partial charge >= 0.3 is 0 Å². The van der Waals surface area contributed by atoms with Crippen LogP contribution in [0.2, 0.25) is 5.02 Å². The number of nitrogens with zero attached hydrogens (tertiary/aromatic N) is 2. The van der Waals surface area contributed by atoms with Gasteiger partial charge < -0.3 is 9.40 Å². The minimum absolute atomic E-state index is 0.0209. The molecular formula is C21H22ClN3O2. The third kappa shape index (κ3) is 3.84. The van der Waals surface area contributed by atoms with E-state index >= 15 is 0 Å². The summed E-state index contributed by atoms with van der Waals surface area (Å²) >= 11 is 6.06. The molecule has 0 fully saturated rings. The van der Waals surface area contributed by atoms with Crippen molar-refractivity contribution in [3.63, 3.8) is 0 Å². The van der Waals surface area contributed by atoms with Gasteiger partial charge in [-0.2, -0.15) is 0 Å². The molecule has 0 saturated carbocycles. The smallest absolute Gasteiger partial charge is 0.255 e. The molecule has 1 N–H and O–H groups in total. The Kier molecular flexibility index (Phi) is 4.89. The topological polar surface area (TPSA) is 62.1 Å². The van der Waals surface area contributed by atoms with Gasteiger partial charge in [0.25, 0.3) is 5.56 Å². The highest BCUT2D eigenvalue weighted by Gasteiger charge is 2.22. The molecule has 0 spiro atoms. The summed E-state index contributed by atoms with van der Waals surface area (Å²) in [6, 6.07) is 11.6. The fourth-order valence-electron chi connectivity index (χ4n) is 3.39. The normalized spacial score (nSPS) is 14.5. The first-order valence-electron chi connectivity index (χ1n) is 9.18. The van der Waals surface area contributed by atoms with Gasteiger partial charge in [-0.25, -0.2) is 4.98 Å². The summed E-state index contributed by atoms with van der Waals surface area (Å²) in [5.74, 6) is 2.65. The minimum Gasteiger partial charge on any atom is -0.460 e. The van der Waals surface area contributed by atoms with Crippen molar-refractivity contribution >= 4 is 11.6 Å². The van der Waals surface area contributed by atoms with Crippen LogP contribution in [0.15, 0.2) is 45.6 Å². The molecule has 0 amide bonds. The van der Waals surface area contributed by atoms with Crippen molar-refractivity contribution in [3.05, 3.63) is 74.6 Å². The monoisotopic (exact) mass is 383 g/mol. The molecule has 3 aromatic rings. The number of hydrogen-bond donors (Lipinski definition) is 1. The Hall–Kier alpha value is -2.37. The van der Waals surface area contributed by atoms with Crippen molar-refractivity contribution in [1.29, 1.82) is 0 Å². The summed E-state index contributed by atoms with van der Waals surface area (Å²) in [6.45, 7) is 6.17. The Morgan fingerprint density at radius 2 is 2.15 bits per heavy atom. The second-order valence-corrected chi connectivity index (χ2v) is 7.70. The maximum absolute atomic E-state index is 12.4. The molecule has 0 radical (unpaired) electrons. The summed E-state index contributed by atoms with van der Waals surface area (Å²) in [6.07, 6.45) is 0.779. The van der Waals surface area contributed by atoms with E-state index in [0.29, 0.717) is 18.1 Å². The molecule has 6 heteroatoms. The molecule has 0 aliphatic carbocycles. The lowest BCUT2D eigenvalue weighted by Crippen LogP contribution is -2.35. The van der Waals surface area contributed by atoms with Crippen LogP contribution in [0.4, 0.5) is 0 Å². The number of hydrogen-bond acceptors (Lipinski definition) is 4. The third-order valence-electron chi connectivity index (χ3n) is 4.86. The summed E-state index contributed by atoms with van der Waals surface area (Å²) in [4.78, 5) is 22.2. The van der Waals surface area contributed by atoms with Crippen LogP contribution in [0.3, 0.4) is 0 Å². The van der Waals surface area contributed by atoms with Crippen LogP contribution < -0.4 is 5.56 Å². The average Bonchev–Trinajstić information content (AvgIpc) is 3.10. The highest BCUT2D eigenvalue weighted by molar-refractivity contribution is 6.30. The van der Waals surface area contributed by atoms with E-state index in [9.17, 15) is 4.79 Å². The largest absolute Gasteiger partial charge is 0.460 e. The zero-order valence-electron chi connectivity index (χ0n) is 15.5. The minimum atomic E-state index is -0.0209. The van der Waals surface area contributed by atoms with E-state index in [1.165, 1.54) is 0 Å². The van der Waals surface area contributed by atoms with Crippen LogP contribution >= 0.6 is 11.6 Å². The van der Waals surface area contributed by atoms with Gasteiger partial charge in [-0.15, -0.1) is 0 Å². The molecule has 4 rings (SSSR count). The Morgan fingerprint density at radius 1 is 1.30 bits per heavy atom. The Balaban J connectivity index is 1.50. The van der Waals surface area contributed by atoms with E-state index in [4.69, 9.17) is 16.0 Å². The molecule has 1 aliphatic rings. The van der Waals surface area contributed by atoms with Crippen LogP contribution in [0.1, 0.15) is 42.6 Å². The van der Waals surface area contributed by atoms with Crippen LogP contribution in [0, 0.1) is 0 Å². The van der Waals surface area contributed by atoms with E-state index in [-0.39, 0.29) is 11.5 Å². The maximum atomic E-state index is 12.4. The molecule has 0 unspecified atom stereocenters. The number of aromatic amines is 1. The van der Waals surface area contributed by atoms with Gasteiger partial charge in [0.15, 0.2) is 0 Å². The number of aromatic nitrogens is 2. The summed E-state index contributed by atoms with van der Waals surface area (Å²) in [5.41, 5.74) is 2.64. The lowest BCUT2D eigenvalue weighted by molar-refractivity contribution is 0.223. The Morgan fingerprint density at radius 3 is 2.93 bits per heavy atom. The van der Waals surface area contributed by atoms with Crippen LogP contribution in [0.25, 0.3) is 11.3 Å². The van der Waals surface area contributed by atoms with Crippen molar-refractivity contribution in [1.82, 2.24) is 14.9 Å². The number of rotatable bonds is 4. The predicted octanol–water partition coefficient (Wildman–Crippen LogP) is 4.37. The predicted molar refractivity (Wildman–Crippen MR) is 106 cm³/mol. The quantitative estimate of drug-likeness (QED) is 0.726. The number of H-pyrrole nitrogens is 1. The average molecular weight is 384 g/mol. The highest BCUT2D eigenvalue weighted by Crippen LogP contribution is 2.26. The number of benzene rings is 1. The van der Waals surface area contributed by atoms with Crippen molar-refractivity contribution < 1.29 is 4.42 Å². The summed E-state index contributed by atoms with van der Waals surface area (Å²) in [5, 5.41) is 0.686. The molecule has 2 aromatic heterocycles. The van der Waals surface area contributed by atoms with Crippen molar-refractivity contribution in [2.24, 2.45) is 0 Å². The number of fused-ring (bicyclic) bond motifs is 1. The Labute approximate surface area is 163 Å². The molecule has 0 bridgehead atoms. The number of furan rings is 1. The second-order valence-electron chi connectivity index (χ2n) is 7.27. The van der Waals surface area contributed by atoms with Crippen molar-refractivity contribution in [2.75, 3.05) is 6.54 Å². The lowest BCUT2D eigenvalue weighted by atomic mass is 10.1. The molecule has 27 heavy (non-hydrogen) atoms. The zero-order chi connectivity index (χ0) is 19.0. The summed E-state index contributed by atoms with van der Waals surface area (Å²) < 4.78 is 5.99. The first kappa shape index (κ1) is 18.0. The molecule has 0 saturated heterocycles. The van der Waals surface area contributed by atoms with Gasteiger partial charge in [-0.05, 0) is 24.3 Å². The van der Waals surface area contributed by atoms with Gasteiger partial charge in [0.1, 0.15) is 17.3 Å². The first-order chi connectivity index (χ1) is 13.0. The van der Waals surface area contributed by atoms with E-state index in [1.54, 1.807) is 0 Å². The molecule has 140 valence electrons. The van der Waals surface area contributed by atoms with E-state index in [1.807, 2.05) is 50.2 Å². The van der Waals surface area contributed by atoms with Gasteiger partial charge in [0, 0.05) is 36.0 Å². The van der Waals surface area contributed by atoms with E-state index in [2.05, 4.69) is 14.9 Å². The highest BCUT2D eigenvalue weighted by atomic mass is 35.5. The Bertz CT molecular complexity index is 1020. The van der Waals surface area contributed by atoms with Crippen molar-refractivity contribution in [3.8, 4) is 11.3 Å². The lowest BCUT2D eigenvalue weighted by Gasteiger charge is -2.27. The van der Waals surface area contributed by atoms with Crippen LogP contribution in [0.5, 0.6) is 0 Å². The second kappa shape index (κ2) is 7.33. The fourth-order valence-corrected chi connectivity index (χ4v) is 3.58. The molecule has 3 heterocycles. The van der Waals surface area contributed by atoms with Crippen LogP contribution in [-0.2, 0) is 19.5 Å². The fraction of sp³-hybridized carbons (Fsp3) is 0.333. The zero-order valence-corrected chi connectivity index (χ0v) is 16.2. The standard InChI is InChI=1S/C21H22ClN3O2/c1-13(2)20-23-18-8-9-25(12-17(18)21(26)24-20)11-16-6-7-19(27-16)14-4-3-5-15(22)10-14/h3-7,10,13H,8-9,11-12H2,1-2H3,(H,23,24,26). The van der Waals surface area contributed by atoms with Gasteiger partial charge in [-0.1, -0.05) is 37.6 Å². The molecule has 5 nitrogen and oxygen atoms in total. The third-order valence-corrected chi connectivity index (χ3v) is 5.10. The van der Waals surface area contributed by atoms with Gasteiger partial charge in [-0.3, -0.25) is 9.69 Å². The SMILES string of the molecule is CC(C)c1nc2c(c(=O)[nH]1)CN(Cc1ccc(-c3cccc(Cl)c3)o1)CC2. The molecule has 1 aliphatic heterocycles. The van der Waals surface area contributed by atoms with Crippen molar-refractivity contribution in [2.45, 2.75) is 39.3 Å². The molecule has 1 aromatic carbocycles. The van der Waals surface area contributed by atoms with E-state index < -0.39 is 0 Å². The number of nitrogens with one attached hydrogen (secondary N) is 1. The van der Waals surface area contributed by atoms with Gasteiger partial charge in [0.05, 0.1) is 17.8 Å². The maximum Gasteiger partial charge on any atom is 0.255 e. The molecule has 0 atom stereocenters. The summed E-state index contributed by atoms with van der Waals surface area (Å²) in [7, 11) is 0. The van der Waals surface area contributed by atoms with Gasteiger partial charge in [0.2, 0.25) is 0 Å². The van der Waals surface area contributed by atoms with Crippen LogP contribution in [-0.4, -0.2) is 21.4 Å². The molecular weight excluding hydrogens is 362 g/mol. The van der Waals surface area contributed by atoms with E-state index in [0.717, 1.165) is 47.1 Å². The first-order valence-corrected chi connectivity index (χ1v) is 9.56. The number of halogens is 1.